The summed E-state index contributed by atoms with van der Waals surface area (Å²) in [5.41, 5.74) is 9.04. The first-order valence-electron chi connectivity index (χ1n) is 9.69. The van der Waals surface area contributed by atoms with Crippen molar-refractivity contribution in [1.29, 1.82) is 0 Å². The summed E-state index contributed by atoms with van der Waals surface area (Å²) in [6.45, 7) is 4.90. The van der Waals surface area contributed by atoms with Crippen LogP contribution in [0.4, 0.5) is 11.4 Å². The normalized spacial score (nSPS) is 23.8. The van der Waals surface area contributed by atoms with Crippen LogP contribution in [0.15, 0.2) is 36.4 Å². The summed E-state index contributed by atoms with van der Waals surface area (Å²) >= 11 is 6.17. The zero-order valence-electron chi connectivity index (χ0n) is 16.3. The van der Waals surface area contributed by atoms with Crippen LogP contribution in [0.3, 0.4) is 0 Å². The second-order valence-corrected chi connectivity index (χ2v) is 8.31. The summed E-state index contributed by atoms with van der Waals surface area (Å²) < 4.78 is 5.45. The average Bonchev–Trinajstić information content (AvgIpc) is 2.73. The highest BCUT2D eigenvalue weighted by Crippen LogP contribution is 2.47. The number of primary amides is 1. The highest BCUT2D eigenvalue weighted by atomic mass is 35.5. The molecular weight excluding hydrogens is 390 g/mol. The number of nitrogens with zero attached hydrogens (tertiary/aromatic N) is 1. The SMILES string of the molecule is CC1(C(N)=O)Cc2cc(Cl)cc(C=O)c2NC1c1cccc(N2CCOCC2)c1. The van der Waals surface area contributed by atoms with Gasteiger partial charge in [0.2, 0.25) is 5.91 Å². The zero-order valence-corrected chi connectivity index (χ0v) is 17.0. The molecule has 29 heavy (non-hydrogen) atoms. The van der Waals surface area contributed by atoms with Gasteiger partial charge in [0.1, 0.15) is 0 Å². The number of hydrogen-bond acceptors (Lipinski definition) is 5. The molecule has 0 saturated carbocycles. The summed E-state index contributed by atoms with van der Waals surface area (Å²) in [6.07, 6.45) is 1.18. The molecule has 1 amide bonds. The Labute approximate surface area is 175 Å². The summed E-state index contributed by atoms with van der Waals surface area (Å²) in [5, 5.41) is 3.89. The van der Waals surface area contributed by atoms with Crippen LogP contribution in [-0.4, -0.2) is 38.5 Å². The van der Waals surface area contributed by atoms with Crippen molar-refractivity contribution in [2.75, 3.05) is 36.5 Å². The van der Waals surface area contributed by atoms with Crippen LogP contribution < -0.4 is 16.0 Å². The fourth-order valence-corrected chi connectivity index (χ4v) is 4.55. The van der Waals surface area contributed by atoms with Crippen LogP contribution >= 0.6 is 11.6 Å². The molecule has 2 aromatic carbocycles. The monoisotopic (exact) mass is 413 g/mol. The van der Waals surface area contributed by atoms with Crippen LogP contribution in [0.2, 0.25) is 5.02 Å². The maximum Gasteiger partial charge on any atom is 0.226 e. The van der Waals surface area contributed by atoms with Crippen molar-refractivity contribution < 1.29 is 14.3 Å². The van der Waals surface area contributed by atoms with Gasteiger partial charge in [0.15, 0.2) is 6.29 Å². The lowest BCUT2D eigenvalue weighted by atomic mass is 9.70. The van der Waals surface area contributed by atoms with Crippen molar-refractivity contribution >= 4 is 35.2 Å². The minimum atomic E-state index is -0.874. The van der Waals surface area contributed by atoms with E-state index in [0.717, 1.165) is 36.2 Å². The average molecular weight is 414 g/mol. The summed E-state index contributed by atoms with van der Waals surface area (Å²) in [4.78, 5) is 26.4. The van der Waals surface area contributed by atoms with Gasteiger partial charge in [-0.25, -0.2) is 0 Å². The van der Waals surface area contributed by atoms with Gasteiger partial charge in [0.25, 0.3) is 0 Å². The summed E-state index contributed by atoms with van der Waals surface area (Å²) in [5.74, 6) is -0.398. The number of halogens is 1. The van der Waals surface area contributed by atoms with Gasteiger partial charge < -0.3 is 20.7 Å². The molecule has 2 heterocycles. The van der Waals surface area contributed by atoms with Crippen molar-refractivity contribution in [3.05, 3.63) is 58.1 Å². The second-order valence-electron chi connectivity index (χ2n) is 7.88. The Balaban J connectivity index is 1.77. The molecule has 2 unspecified atom stereocenters. The standard InChI is InChI=1S/C22H24ClN3O3/c1-22(21(24)28)12-15-9-17(23)10-16(13-27)19(15)25-20(22)14-3-2-4-18(11-14)26-5-7-29-8-6-26/h2-4,9-11,13,20,25H,5-8,12H2,1H3,(H2,24,28). The molecular formula is C22H24ClN3O3. The molecule has 0 aromatic heterocycles. The third-order valence-corrected chi connectivity index (χ3v) is 6.19. The Morgan fingerprint density at radius 1 is 1.31 bits per heavy atom. The van der Waals surface area contributed by atoms with E-state index in [4.69, 9.17) is 22.1 Å². The highest BCUT2D eigenvalue weighted by Gasteiger charge is 2.45. The molecule has 2 aliphatic rings. The number of hydrogen-bond donors (Lipinski definition) is 2. The first kappa shape index (κ1) is 19.7. The van der Waals surface area contributed by atoms with Gasteiger partial charge in [-0.1, -0.05) is 23.7 Å². The van der Waals surface area contributed by atoms with Gasteiger partial charge in [-0.2, -0.15) is 0 Å². The maximum atomic E-state index is 12.5. The van der Waals surface area contributed by atoms with Gasteiger partial charge in [-0.15, -0.1) is 0 Å². The molecule has 0 bridgehead atoms. The molecule has 152 valence electrons. The van der Waals surface area contributed by atoms with Crippen LogP contribution in [0.5, 0.6) is 0 Å². The van der Waals surface area contributed by atoms with E-state index in [0.29, 0.717) is 35.9 Å². The topological polar surface area (TPSA) is 84.7 Å². The van der Waals surface area contributed by atoms with E-state index in [1.54, 1.807) is 12.1 Å². The molecule has 6 nitrogen and oxygen atoms in total. The number of benzene rings is 2. The third kappa shape index (κ3) is 3.58. The fourth-order valence-electron chi connectivity index (χ4n) is 4.30. The van der Waals surface area contributed by atoms with Crippen molar-refractivity contribution in [3.8, 4) is 0 Å². The zero-order chi connectivity index (χ0) is 20.6. The first-order chi connectivity index (χ1) is 13.9. The van der Waals surface area contributed by atoms with E-state index in [2.05, 4.69) is 22.3 Å². The largest absolute Gasteiger partial charge is 0.378 e. The predicted octanol–water partition coefficient (Wildman–Crippen LogP) is 3.19. The Kier molecular flexibility index (Phi) is 5.23. The van der Waals surface area contributed by atoms with E-state index >= 15 is 0 Å². The number of carbonyl (C=O) groups is 2. The van der Waals surface area contributed by atoms with Gasteiger partial charge in [0, 0.05) is 35.1 Å². The summed E-state index contributed by atoms with van der Waals surface area (Å²) in [7, 11) is 0. The molecule has 0 spiro atoms. The van der Waals surface area contributed by atoms with E-state index < -0.39 is 11.3 Å². The number of anilines is 2. The Bertz CT molecular complexity index is 958. The van der Waals surface area contributed by atoms with Gasteiger partial charge in [-0.05, 0) is 48.7 Å². The predicted molar refractivity (Wildman–Crippen MR) is 114 cm³/mol. The van der Waals surface area contributed by atoms with E-state index in [1.807, 2.05) is 19.1 Å². The molecule has 7 heteroatoms. The van der Waals surface area contributed by atoms with Crippen LogP contribution in [0.25, 0.3) is 0 Å². The Morgan fingerprint density at radius 3 is 2.76 bits per heavy atom. The molecule has 3 N–H and O–H groups in total. The van der Waals surface area contributed by atoms with Crippen molar-refractivity contribution in [2.45, 2.75) is 19.4 Å². The minimum absolute atomic E-state index is 0.367. The molecule has 2 atom stereocenters. The van der Waals surface area contributed by atoms with Gasteiger partial charge >= 0.3 is 0 Å². The molecule has 2 aliphatic heterocycles. The highest BCUT2D eigenvalue weighted by molar-refractivity contribution is 6.31. The number of nitrogens with two attached hydrogens (primary N) is 1. The van der Waals surface area contributed by atoms with E-state index in [1.165, 1.54) is 0 Å². The lowest BCUT2D eigenvalue weighted by Gasteiger charge is -2.42. The molecule has 0 radical (unpaired) electrons. The van der Waals surface area contributed by atoms with E-state index in [-0.39, 0.29) is 6.04 Å². The third-order valence-electron chi connectivity index (χ3n) is 5.97. The van der Waals surface area contributed by atoms with Crippen LogP contribution in [0, 0.1) is 5.41 Å². The van der Waals surface area contributed by atoms with Crippen molar-refractivity contribution in [3.63, 3.8) is 0 Å². The van der Waals surface area contributed by atoms with Gasteiger partial charge in [0.05, 0.1) is 24.7 Å². The second kappa shape index (κ2) is 7.69. The number of amides is 1. The number of nitrogens with one attached hydrogen (secondary N) is 1. The number of fused-ring (bicyclic) bond motifs is 1. The number of aldehydes is 1. The maximum absolute atomic E-state index is 12.5. The molecule has 1 saturated heterocycles. The fraction of sp³-hybridized carbons (Fsp3) is 0.364. The van der Waals surface area contributed by atoms with Crippen molar-refractivity contribution in [2.24, 2.45) is 11.1 Å². The minimum Gasteiger partial charge on any atom is -0.378 e. The lowest BCUT2D eigenvalue weighted by Crippen LogP contribution is -2.47. The lowest BCUT2D eigenvalue weighted by molar-refractivity contribution is -0.127. The molecule has 1 fully saturated rings. The Morgan fingerprint density at radius 2 is 2.07 bits per heavy atom. The van der Waals surface area contributed by atoms with Crippen molar-refractivity contribution in [1.82, 2.24) is 0 Å². The number of morpholine rings is 1. The molecule has 4 rings (SSSR count). The quantitative estimate of drug-likeness (QED) is 0.752. The number of carbonyl (C=O) groups excluding carboxylic acids is 2. The van der Waals surface area contributed by atoms with Crippen LogP contribution in [0.1, 0.15) is 34.5 Å². The Hall–Kier alpha value is -2.57. The number of rotatable bonds is 4. The van der Waals surface area contributed by atoms with Gasteiger partial charge in [-0.3, -0.25) is 9.59 Å². The molecule has 0 aliphatic carbocycles. The van der Waals surface area contributed by atoms with Crippen LogP contribution in [-0.2, 0) is 16.0 Å². The van der Waals surface area contributed by atoms with E-state index in [9.17, 15) is 9.59 Å². The summed E-state index contributed by atoms with van der Waals surface area (Å²) in [6, 6.07) is 11.2. The smallest absolute Gasteiger partial charge is 0.226 e. The first-order valence-corrected chi connectivity index (χ1v) is 10.1. The molecule has 2 aromatic rings. The number of ether oxygens (including phenoxy) is 1.